The highest BCUT2D eigenvalue weighted by atomic mass is 16.5. The summed E-state index contributed by atoms with van der Waals surface area (Å²) < 4.78 is 5.91. The minimum absolute atomic E-state index is 0.0273. The maximum atomic E-state index is 13.2. The Balaban J connectivity index is 4.63. The molecule has 0 spiro atoms. The minimum atomic E-state index is -0.810. The van der Waals surface area contributed by atoms with Crippen molar-refractivity contribution in [2.24, 2.45) is 0 Å². The number of allylic oxidation sites excluding steroid dienone is 12. The Hall–Kier alpha value is -2.70. The molecule has 0 bridgehead atoms. The molecule has 0 aliphatic rings. The summed E-state index contributed by atoms with van der Waals surface area (Å²) in [4.78, 5) is 26.2. The predicted octanol–water partition coefficient (Wildman–Crippen LogP) is 17.3. The summed E-state index contributed by atoms with van der Waals surface area (Å²) in [5.41, 5.74) is 0. The minimum Gasteiger partial charge on any atom is -0.462 e. The van der Waals surface area contributed by atoms with Crippen LogP contribution < -0.4 is 5.32 Å². The van der Waals surface area contributed by atoms with Gasteiger partial charge in [-0.2, -0.15) is 0 Å². The summed E-state index contributed by atoms with van der Waals surface area (Å²) in [6, 6.07) is -0.728. The first-order chi connectivity index (χ1) is 32.5. The van der Waals surface area contributed by atoms with Gasteiger partial charge in [0.25, 0.3) is 0 Å². The molecule has 0 aromatic carbocycles. The fraction of sp³-hybridized carbons (Fsp3) is 0.767. The van der Waals surface area contributed by atoms with Gasteiger partial charge in [0.1, 0.15) is 6.10 Å². The van der Waals surface area contributed by atoms with Crippen LogP contribution in [0.4, 0.5) is 0 Å². The van der Waals surface area contributed by atoms with Crippen LogP contribution in [-0.4, -0.2) is 46.9 Å². The molecular formula is C60H107NO5. The number of unbranched alkanes of at least 4 members (excludes halogenated alkanes) is 27. The number of hydrogen-bond acceptors (Lipinski definition) is 5. The molecule has 3 atom stereocenters. The molecule has 0 aliphatic heterocycles. The molecule has 3 N–H and O–H groups in total. The summed E-state index contributed by atoms with van der Waals surface area (Å²) in [5, 5.41) is 23.8. The average Bonchev–Trinajstić information content (AvgIpc) is 3.31. The first kappa shape index (κ1) is 63.3. The third-order valence-corrected chi connectivity index (χ3v) is 12.5. The van der Waals surface area contributed by atoms with Gasteiger partial charge in [-0.05, 0) is 83.5 Å². The highest BCUT2D eigenvalue weighted by Gasteiger charge is 2.24. The predicted molar refractivity (Wildman–Crippen MR) is 287 cm³/mol. The number of aliphatic hydroxyl groups is 2. The Morgan fingerprint density at radius 1 is 0.470 bits per heavy atom. The van der Waals surface area contributed by atoms with E-state index in [2.05, 4.69) is 99.0 Å². The van der Waals surface area contributed by atoms with E-state index in [0.717, 1.165) is 89.9 Å². The Bertz CT molecular complexity index is 1220. The van der Waals surface area contributed by atoms with E-state index in [4.69, 9.17) is 4.74 Å². The van der Waals surface area contributed by atoms with Gasteiger partial charge in [-0.1, -0.05) is 248 Å². The molecule has 0 aliphatic carbocycles. The van der Waals surface area contributed by atoms with E-state index in [1.54, 1.807) is 0 Å². The summed E-state index contributed by atoms with van der Waals surface area (Å²) in [6.45, 7) is 6.36. The van der Waals surface area contributed by atoms with Gasteiger partial charge in [0.2, 0.25) is 5.91 Å². The van der Waals surface area contributed by atoms with E-state index in [-0.39, 0.29) is 24.9 Å². The molecule has 66 heavy (non-hydrogen) atoms. The summed E-state index contributed by atoms with van der Waals surface area (Å²) >= 11 is 0. The van der Waals surface area contributed by atoms with Crippen molar-refractivity contribution in [3.05, 3.63) is 72.9 Å². The Labute approximate surface area is 409 Å². The van der Waals surface area contributed by atoms with Gasteiger partial charge >= 0.3 is 5.97 Å². The zero-order valence-electron chi connectivity index (χ0n) is 43.6. The van der Waals surface area contributed by atoms with Gasteiger partial charge in [0.15, 0.2) is 0 Å². The number of rotatable bonds is 50. The SMILES string of the molecule is CC/C=C/C/C=C/C/C=C/C/C=C/CCCC(CC(=O)NC(CO)C(O)CCCCCCCCCCCCCCCCCCC)OC(=O)CCCCC/C=C/C=C/CCCCCCCCC. The van der Waals surface area contributed by atoms with Crippen molar-refractivity contribution in [1.29, 1.82) is 0 Å². The molecule has 6 heteroatoms. The normalized spacial score (nSPS) is 13.7. The van der Waals surface area contributed by atoms with Crippen LogP contribution in [-0.2, 0) is 14.3 Å². The topological polar surface area (TPSA) is 95.9 Å². The number of esters is 1. The number of nitrogens with one attached hydrogen (secondary N) is 1. The Morgan fingerprint density at radius 2 is 0.879 bits per heavy atom. The van der Waals surface area contributed by atoms with Gasteiger partial charge in [-0.15, -0.1) is 0 Å². The van der Waals surface area contributed by atoms with E-state index >= 15 is 0 Å². The third-order valence-electron chi connectivity index (χ3n) is 12.5. The van der Waals surface area contributed by atoms with Gasteiger partial charge in [0, 0.05) is 6.42 Å². The zero-order chi connectivity index (χ0) is 48.1. The lowest BCUT2D eigenvalue weighted by atomic mass is 10.0. The number of carbonyl (C=O) groups is 2. The lowest BCUT2D eigenvalue weighted by molar-refractivity contribution is -0.151. The van der Waals surface area contributed by atoms with Gasteiger partial charge in [-0.25, -0.2) is 0 Å². The molecule has 0 aromatic heterocycles. The van der Waals surface area contributed by atoms with Crippen molar-refractivity contribution in [3.8, 4) is 0 Å². The zero-order valence-corrected chi connectivity index (χ0v) is 43.6. The van der Waals surface area contributed by atoms with Crippen molar-refractivity contribution in [1.82, 2.24) is 5.32 Å². The van der Waals surface area contributed by atoms with Gasteiger partial charge in [0.05, 0.1) is 25.2 Å². The second-order valence-electron chi connectivity index (χ2n) is 19.0. The maximum Gasteiger partial charge on any atom is 0.306 e. The van der Waals surface area contributed by atoms with Gasteiger partial charge in [-0.3, -0.25) is 9.59 Å². The van der Waals surface area contributed by atoms with Crippen LogP contribution in [0.25, 0.3) is 0 Å². The summed E-state index contributed by atoms with van der Waals surface area (Å²) in [6.07, 6.45) is 68.3. The highest BCUT2D eigenvalue weighted by Crippen LogP contribution is 2.17. The Morgan fingerprint density at radius 3 is 1.35 bits per heavy atom. The van der Waals surface area contributed by atoms with Crippen molar-refractivity contribution in [2.45, 2.75) is 289 Å². The number of aliphatic hydroxyl groups excluding tert-OH is 2. The van der Waals surface area contributed by atoms with E-state index in [0.29, 0.717) is 19.3 Å². The first-order valence-electron chi connectivity index (χ1n) is 28.2. The van der Waals surface area contributed by atoms with Crippen LogP contribution in [0.1, 0.15) is 271 Å². The molecule has 0 fully saturated rings. The van der Waals surface area contributed by atoms with Crippen molar-refractivity contribution >= 4 is 11.9 Å². The van der Waals surface area contributed by atoms with E-state index in [1.807, 2.05) is 0 Å². The molecule has 0 saturated heterocycles. The molecule has 1 amide bonds. The van der Waals surface area contributed by atoms with E-state index < -0.39 is 18.2 Å². The molecule has 0 heterocycles. The molecule has 0 saturated carbocycles. The Kier molecular flexibility index (Phi) is 51.1. The molecular weight excluding hydrogens is 815 g/mol. The van der Waals surface area contributed by atoms with Crippen LogP contribution in [0.2, 0.25) is 0 Å². The molecule has 3 unspecified atom stereocenters. The fourth-order valence-electron chi connectivity index (χ4n) is 8.30. The number of ether oxygens (including phenoxy) is 1. The second kappa shape index (κ2) is 53.3. The average molecular weight is 923 g/mol. The smallest absolute Gasteiger partial charge is 0.306 e. The van der Waals surface area contributed by atoms with Crippen molar-refractivity contribution in [2.75, 3.05) is 6.61 Å². The maximum absolute atomic E-state index is 13.2. The molecule has 0 radical (unpaired) electrons. The first-order valence-corrected chi connectivity index (χ1v) is 28.2. The van der Waals surface area contributed by atoms with Crippen LogP contribution in [0.5, 0.6) is 0 Å². The summed E-state index contributed by atoms with van der Waals surface area (Å²) in [7, 11) is 0. The lowest BCUT2D eigenvalue weighted by Crippen LogP contribution is -2.46. The second-order valence-corrected chi connectivity index (χ2v) is 19.0. The quantitative estimate of drug-likeness (QED) is 0.0244. The molecule has 0 rings (SSSR count). The monoisotopic (exact) mass is 922 g/mol. The number of amides is 1. The van der Waals surface area contributed by atoms with E-state index in [1.165, 1.54) is 135 Å². The molecule has 382 valence electrons. The number of hydrogen-bond donors (Lipinski definition) is 3. The van der Waals surface area contributed by atoms with Crippen LogP contribution in [0.15, 0.2) is 72.9 Å². The van der Waals surface area contributed by atoms with E-state index in [9.17, 15) is 19.8 Å². The molecule has 6 nitrogen and oxygen atoms in total. The van der Waals surface area contributed by atoms with Crippen molar-refractivity contribution < 1.29 is 24.5 Å². The summed E-state index contributed by atoms with van der Waals surface area (Å²) in [5.74, 6) is -0.557. The van der Waals surface area contributed by atoms with Crippen molar-refractivity contribution in [3.63, 3.8) is 0 Å². The number of carbonyl (C=O) groups excluding carboxylic acids is 2. The fourth-order valence-corrected chi connectivity index (χ4v) is 8.30. The van der Waals surface area contributed by atoms with Crippen LogP contribution >= 0.6 is 0 Å². The standard InChI is InChI=1S/C60H107NO5/c1-4-7-10-13-16-19-22-25-28-30-31-34-37-40-43-46-49-52-58(63)57(55-62)61-59(64)54-56(51-48-45-42-39-36-33-27-24-21-18-15-12-9-6-3)66-60(65)53-50-47-44-41-38-35-32-29-26-23-20-17-14-11-8-5-2/h9,12,18,21,27,29,32-33,35,38-39,42,56-58,62-63H,4-8,10-11,13-17,19-20,22-26,28,30-31,34,36-37,40-41,43-55H2,1-3H3,(H,61,64)/b12-9+,21-18+,32-29+,33-27+,38-35+,42-39+. The highest BCUT2D eigenvalue weighted by molar-refractivity contribution is 5.77. The largest absolute Gasteiger partial charge is 0.462 e. The molecule has 0 aromatic rings. The van der Waals surface area contributed by atoms with Crippen LogP contribution in [0.3, 0.4) is 0 Å². The van der Waals surface area contributed by atoms with Gasteiger partial charge < -0.3 is 20.3 Å². The van der Waals surface area contributed by atoms with Crippen LogP contribution in [0, 0.1) is 0 Å². The lowest BCUT2D eigenvalue weighted by Gasteiger charge is -2.24. The third kappa shape index (κ3) is 47.8.